The Labute approximate surface area is 185 Å². The molecule has 32 heavy (non-hydrogen) atoms. The molecule has 5 rings (SSSR count). The van der Waals surface area contributed by atoms with Crippen molar-refractivity contribution in [2.24, 2.45) is 0 Å². The van der Waals surface area contributed by atoms with Crippen molar-refractivity contribution >= 4 is 27.7 Å². The Morgan fingerprint density at radius 3 is 2.72 bits per heavy atom. The van der Waals surface area contributed by atoms with E-state index >= 15 is 0 Å². The van der Waals surface area contributed by atoms with Crippen LogP contribution in [0.2, 0.25) is 0 Å². The van der Waals surface area contributed by atoms with Gasteiger partial charge in [-0.3, -0.25) is 9.78 Å². The standard InChI is InChI=1S/C25H24N4O3/c1-15-16(2)28-21-12-17(6-7-20(21)27-15)25(31)29-11-9-24(22(30)14-29)32-23-5-3-4-18-13-26-10-8-19(18)23/h3-8,10,12-13,22,24,30H,9,11,14H2,1-2H3/t22-,24-/m1/s1. The molecule has 162 valence electrons. The van der Waals surface area contributed by atoms with E-state index in [1.54, 1.807) is 29.4 Å². The number of aromatic nitrogens is 3. The minimum absolute atomic E-state index is 0.124. The Balaban J connectivity index is 1.31. The molecule has 1 aliphatic heterocycles. The number of nitrogens with zero attached hydrogens (tertiary/aromatic N) is 4. The molecule has 7 heteroatoms. The highest BCUT2D eigenvalue weighted by Gasteiger charge is 2.32. The van der Waals surface area contributed by atoms with E-state index in [-0.39, 0.29) is 18.6 Å². The number of hydrogen-bond donors (Lipinski definition) is 1. The summed E-state index contributed by atoms with van der Waals surface area (Å²) in [5.41, 5.74) is 3.73. The number of hydrogen-bond acceptors (Lipinski definition) is 6. The molecule has 1 aliphatic rings. The van der Waals surface area contributed by atoms with Crippen LogP contribution >= 0.6 is 0 Å². The topological polar surface area (TPSA) is 88.4 Å². The predicted octanol–water partition coefficient (Wildman–Crippen LogP) is 3.45. The number of amides is 1. The molecule has 0 unspecified atom stereocenters. The Bertz CT molecular complexity index is 1320. The smallest absolute Gasteiger partial charge is 0.254 e. The summed E-state index contributed by atoms with van der Waals surface area (Å²) in [4.78, 5) is 28.0. The van der Waals surface area contributed by atoms with Gasteiger partial charge in [0.25, 0.3) is 5.91 Å². The van der Waals surface area contributed by atoms with E-state index < -0.39 is 6.10 Å². The molecule has 1 amide bonds. The Morgan fingerprint density at radius 2 is 1.91 bits per heavy atom. The van der Waals surface area contributed by atoms with Gasteiger partial charge < -0.3 is 14.7 Å². The third-order valence-corrected chi connectivity index (χ3v) is 6.05. The van der Waals surface area contributed by atoms with Gasteiger partial charge in [-0.05, 0) is 44.2 Å². The van der Waals surface area contributed by atoms with Crippen LogP contribution in [0, 0.1) is 13.8 Å². The highest BCUT2D eigenvalue weighted by Crippen LogP contribution is 2.28. The van der Waals surface area contributed by atoms with Crippen LogP contribution in [0.25, 0.3) is 21.8 Å². The first-order valence-corrected chi connectivity index (χ1v) is 10.7. The fraction of sp³-hybridized carbons (Fsp3) is 0.280. The van der Waals surface area contributed by atoms with Gasteiger partial charge in [0, 0.05) is 41.7 Å². The normalized spacial score (nSPS) is 18.8. The minimum atomic E-state index is -0.782. The van der Waals surface area contributed by atoms with Gasteiger partial charge in [-0.25, -0.2) is 9.97 Å². The van der Waals surface area contributed by atoms with Crippen LogP contribution in [-0.2, 0) is 0 Å². The van der Waals surface area contributed by atoms with Crippen molar-refractivity contribution < 1.29 is 14.6 Å². The number of carbonyl (C=O) groups is 1. The summed E-state index contributed by atoms with van der Waals surface area (Å²) in [5.74, 6) is 0.591. The number of carbonyl (C=O) groups excluding carboxylic acids is 1. The number of fused-ring (bicyclic) bond motifs is 2. The zero-order valence-electron chi connectivity index (χ0n) is 18.0. The SMILES string of the molecule is Cc1nc2ccc(C(=O)N3CC[C@@H](Oc4cccc5cnccc45)[C@H](O)C3)cc2nc1C. The van der Waals surface area contributed by atoms with Crippen LogP contribution in [-0.4, -0.2) is 56.2 Å². The fourth-order valence-corrected chi connectivity index (χ4v) is 4.14. The lowest BCUT2D eigenvalue weighted by Crippen LogP contribution is -2.51. The van der Waals surface area contributed by atoms with E-state index in [1.165, 1.54) is 0 Å². The first-order valence-electron chi connectivity index (χ1n) is 10.7. The second-order valence-corrected chi connectivity index (χ2v) is 8.21. The molecule has 0 aliphatic carbocycles. The molecule has 1 fully saturated rings. The predicted molar refractivity (Wildman–Crippen MR) is 122 cm³/mol. The lowest BCUT2D eigenvalue weighted by atomic mass is 10.0. The molecule has 2 aromatic carbocycles. The number of aliphatic hydroxyl groups excluding tert-OH is 1. The molecular weight excluding hydrogens is 404 g/mol. The molecule has 0 spiro atoms. The maximum absolute atomic E-state index is 13.1. The van der Waals surface area contributed by atoms with Crippen molar-refractivity contribution in [3.05, 3.63) is 71.8 Å². The van der Waals surface area contributed by atoms with E-state index in [1.807, 2.05) is 44.2 Å². The van der Waals surface area contributed by atoms with E-state index in [2.05, 4.69) is 15.0 Å². The number of piperidine rings is 1. The average molecular weight is 428 g/mol. The van der Waals surface area contributed by atoms with Crippen LogP contribution in [0.3, 0.4) is 0 Å². The third kappa shape index (κ3) is 3.76. The molecular formula is C25H24N4O3. The zero-order chi connectivity index (χ0) is 22.2. The van der Waals surface area contributed by atoms with Gasteiger partial charge >= 0.3 is 0 Å². The molecule has 7 nitrogen and oxygen atoms in total. The molecule has 2 atom stereocenters. The molecule has 0 saturated carbocycles. The van der Waals surface area contributed by atoms with Crippen LogP contribution in [0.15, 0.2) is 54.9 Å². The average Bonchev–Trinajstić information content (AvgIpc) is 2.80. The van der Waals surface area contributed by atoms with Crippen LogP contribution in [0.5, 0.6) is 5.75 Å². The lowest BCUT2D eigenvalue weighted by Gasteiger charge is -2.36. The van der Waals surface area contributed by atoms with Crippen LogP contribution in [0.4, 0.5) is 0 Å². The van der Waals surface area contributed by atoms with Gasteiger partial charge in [-0.2, -0.15) is 0 Å². The first kappa shape index (κ1) is 20.3. The highest BCUT2D eigenvalue weighted by molar-refractivity contribution is 5.97. The second kappa shape index (κ2) is 8.16. The summed E-state index contributed by atoms with van der Waals surface area (Å²) >= 11 is 0. The van der Waals surface area contributed by atoms with Crippen molar-refractivity contribution in [2.75, 3.05) is 13.1 Å². The number of benzene rings is 2. The Morgan fingerprint density at radius 1 is 1.09 bits per heavy atom. The lowest BCUT2D eigenvalue weighted by molar-refractivity contribution is -0.0193. The molecule has 1 N–H and O–H groups in total. The molecule has 0 radical (unpaired) electrons. The molecule has 3 heterocycles. The van der Waals surface area contributed by atoms with Crippen LogP contribution < -0.4 is 4.74 Å². The van der Waals surface area contributed by atoms with Gasteiger partial charge in [0.1, 0.15) is 18.0 Å². The number of rotatable bonds is 3. The zero-order valence-corrected chi connectivity index (χ0v) is 18.0. The largest absolute Gasteiger partial charge is 0.487 e. The second-order valence-electron chi connectivity index (χ2n) is 8.21. The quantitative estimate of drug-likeness (QED) is 0.538. The van der Waals surface area contributed by atoms with Gasteiger partial charge in [0.2, 0.25) is 0 Å². The summed E-state index contributed by atoms with van der Waals surface area (Å²) in [6, 6.07) is 13.1. The number of pyridine rings is 1. The highest BCUT2D eigenvalue weighted by atomic mass is 16.5. The maximum Gasteiger partial charge on any atom is 0.254 e. The van der Waals surface area contributed by atoms with Crippen LogP contribution in [0.1, 0.15) is 28.2 Å². The summed E-state index contributed by atoms with van der Waals surface area (Å²) in [6.07, 6.45) is 2.89. The van der Waals surface area contributed by atoms with Gasteiger partial charge in [-0.15, -0.1) is 0 Å². The van der Waals surface area contributed by atoms with Crippen molar-refractivity contribution in [3.63, 3.8) is 0 Å². The summed E-state index contributed by atoms with van der Waals surface area (Å²) in [5, 5.41) is 12.7. The maximum atomic E-state index is 13.1. The summed E-state index contributed by atoms with van der Waals surface area (Å²) in [6.45, 7) is 4.55. The van der Waals surface area contributed by atoms with Crippen molar-refractivity contribution in [1.82, 2.24) is 19.9 Å². The number of likely N-dealkylation sites (tertiary alicyclic amines) is 1. The number of aliphatic hydroxyl groups is 1. The van der Waals surface area contributed by atoms with Crippen molar-refractivity contribution in [1.29, 1.82) is 0 Å². The Hall–Kier alpha value is -3.58. The Kier molecular flexibility index (Phi) is 5.19. The van der Waals surface area contributed by atoms with E-state index in [9.17, 15) is 9.90 Å². The van der Waals surface area contributed by atoms with Crippen molar-refractivity contribution in [2.45, 2.75) is 32.5 Å². The van der Waals surface area contributed by atoms with E-state index in [4.69, 9.17) is 4.74 Å². The van der Waals surface area contributed by atoms with E-state index in [0.717, 1.165) is 27.7 Å². The number of ether oxygens (including phenoxy) is 1. The molecule has 0 bridgehead atoms. The first-order chi connectivity index (χ1) is 15.5. The third-order valence-electron chi connectivity index (χ3n) is 6.05. The molecule has 1 saturated heterocycles. The molecule has 2 aromatic heterocycles. The van der Waals surface area contributed by atoms with Gasteiger partial charge in [0.15, 0.2) is 0 Å². The van der Waals surface area contributed by atoms with Gasteiger partial charge in [0.05, 0.1) is 29.0 Å². The fourth-order valence-electron chi connectivity index (χ4n) is 4.14. The van der Waals surface area contributed by atoms with Crippen molar-refractivity contribution in [3.8, 4) is 5.75 Å². The number of β-amino-alcohol motifs (C(OH)–C–C–N with tert-alkyl or cyclic N) is 1. The summed E-state index contributed by atoms with van der Waals surface area (Å²) in [7, 11) is 0. The number of aryl methyl sites for hydroxylation is 2. The van der Waals surface area contributed by atoms with E-state index in [0.29, 0.717) is 29.8 Å². The monoisotopic (exact) mass is 428 g/mol. The minimum Gasteiger partial charge on any atom is -0.487 e. The summed E-state index contributed by atoms with van der Waals surface area (Å²) < 4.78 is 6.16. The molecule has 4 aromatic rings. The van der Waals surface area contributed by atoms with Gasteiger partial charge in [-0.1, -0.05) is 12.1 Å².